The molecule has 132 valence electrons. The van der Waals surface area contributed by atoms with Crippen LogP contribution < -0.4 is 10.6 Å². The molecule has 0 aliphatic heterocycles. The normalized spacial score (nSPS) is 12.5. The fourth-order valence-corrected chi connectivity index (χ4v) is 2.20. The van der Waals surface area contributed by atoms with Gasteiger partial charge < -0.3 is 15.2 Å². The van der Waals surface area contributed by atoms with Crippen LogP contribution in [0.4, 0.5) is 4.39 Å². The lowest BCUT2D eigenvalue weighted by Crippen LogP contribution is -2.41. The minimum absolute atomic E-state index is 0. The van der Waals surface area contributed by atoms with Gasteiger partial charge in [-0.05, 0) is 38.0 Å². The first-order valence-electron chi connectivity index (χ1n) is 7.81. The number of aryl methyl sites for hydroxylation is 1. The van der Waals surface area contributed by atoms with Crippen molar-refractivity contribution in [2.24, 2.45) is 4.99 Å². The highest BCUT2D eigenvalue weighted by atomic mass is 127. The quantitative estimate of drug-likeness (QED) is 0.422. The van der Waals surface area contributed by atoms with Crippen molar-refractivity contribution in [1.29, 1.82) is 0 Å². The van der Waals surface area contributed by atoms with Gasteiger partial charge in [-0.15, -0.1) is 24.0 Å². The second kappa shape index (κ2) is 9.61. The van der Waals surface area contributed by atoms with Crippen molar-refractivity contribution >= 4 is 29.9 Å². The Kier molecular flexibility index (Phi) is 8.17. The summed E-state index contributed by atoms with van der Waals surface area (Å²) in [5.74, 6) is 1.21. The van der Waals surface area contributed by atoms with E-state index in [9.17, 15) is 4.39 Å². The van der Waals surface area contributed by atoms with Gasteiger partial charge in [-0.3, -0.25) is 4.99 Å². The van der Waals surface area contributed by atoms with Gasteiger partial charge in [0.1, 0.15) is 11.6 Å². The molecule has 0 bridgehead atoms. The first-order chi connectivity index (χ1) is 11.0. The van der Waals surface area contributed by atoms with Gasteiger partial charge in [0, 0.05) is 32.0 Å². The topological polar surface area (TPSA) is 54.2 Å². The molecule has 1 aromatic carbocycles. The maximum absolute atomic E-state index is 14.3. The van der Waals surface area contributed by atoms with Gasteiger partial charge in [0.25, 0.3) is 0 Å². The maximum atomic E-state index is 14.3. The van der Waals surface area contributed by atoms with Gasteiger partial charge in [-0.25, -0.2) is 9.37 Å². The average Bonchev–Trinajstić information content (AvgIpc) is 2.97. The van der Waals surface area contributed by atoms with Crippen molar-refractivity contribution in [3.8, 4) is 5.69 Å². The van der Waals surface area contributed by atoms with Crippen LogP contribution in [0.15, 0.2) is 35.6 Å². The molecular weight excluding hydrogens is 420 g/mol. The molecule has 0 amide bonds. The highest BCUT2D eigenvalue weighted by molar-refractivity contribution is 14.0. The van der Waals surface area contributed by atoms with Gasteiger partial charge in [0.2, 0.25) is 0 Å². The van der Waals surface area contributed by atoms with E-state index in [1.54, 1.807) is 30.1 Å². The predicted octanol–water partition coefficient (Wildman–Crippen LogP) is 3.40. The number of rotatable bonds is 5. The Morgan fingerprint density at radius 3 is 2.71 bits per heavy atom. The number of hydrogen-bond donors (Lipinski definition) is 2. The second-order valence-corrected chi connectivity index (χ2v) is 5.51. The number of guanidine groups is 1. The molecule has 1 heterocycles. The van der Waals surface area contributed by atoms with Crippen LogP contribution in [0.2, 0.25) is 0 Å². The summed E-state index contributed by atoms with van der Waals surface area (Å²) < 4.78 is 16.1. The van der Waals surface area contributed by atoms with E-state index in [1.165, 1.54) is 6.07 Å². The number of benzene rings is 1. The lowest BCUT2D eigenvalue weighted by atomic mass is 10.2. The van der Waals surface area contributed by atoms with E-state index in [-0.39, 0.29) is 29.8 Å². The van der Waals surface area contributed by atoms with E-state index in [4.69, 9.17) is 0 Å². The molecule has 1 unspecified atom stereocenters. The van der Waals surface area contributed by atoms with Crippen LogP contribution in [-0.2, 0) is 6.54 Å². The smallest absolute Gasteiger partial charge is 0.191 e. The van der Waals surface area contributed by atoms with Crippen molar-refractivity contribution in [2.75, 3.05) is 7.05 Å². The molecule has 2 N–H and O–H groups in total. The first kappa shape index (κ1) is 20.4. The van der Waals surface area contributed by atoms with E-state index in [0.717, 1.165) is 17.8 Å². The number of nitrogens with one attached hydrogen (secondary N) is 2. The van der Waals surface area contributed by atoms with Gasteiger partial charge >= 0.3 is 0 Å². The standard InChI is InChI=1S/C17H24FN5.HI/c1-5-12(2)22-17(19-4)21-11-14-6-7-16(15(18)10-14)23-9-8-20-13(23)3;/h6-10,12H,5,11H2,1-4H3,(H2,19,21,22);1H. The molecule has 2 aromatic rings. The average molecular weight is 445 g/mol. The van der Waals surface area contributed by atoms with Crippen LogP contribution in [0, 0.1) is 12.7 Å². The molecule has 7 heteroatoms. The largest absolute Gasteiger partial charge is 0.354 e. The summed E-state index contributed by atoms with van der Waals surface area (Å²) in [6, 6.07) is 5.55. The van der Waals surface area contributed by atoms with Crippen molar-refractivity contribution in [3.05, 3.63) is 47.8 Å². The molecule has 0 fully saturated rings. The number of aliphatic imine (C=N–C) groups is 1. The van der Waals surface area contributed by atoms with Crippen LogP contribution in [0.3, 0.4) is 0 Å². The summed E-state index contributed by atoms with van der Waals surface area (Å²) in [6.45, 7) is 6.56. The third-order valence-corrected chi connectivity index (χ3v) is 3.78. The van der Waals surface area contributed by atoms with Crippen LogP contribution in [0.5, 0.6) is 0 Å². The van der Waals surface area contributed by atoms with Gasteiger partial charge in [-0.1, -0.05) is 13.0 Å². The second-order valence-electron chi connectivity index (χ2n) is 5.51. The molecular formula is C17H25FIN5. The van der Waals surface area contributed by atoms with Gasteiger partial charge in [0.05, 0.1) is 5.69 Å². The molecule has 0 aliphatic carbocycles. The molecule has 0 saturated carbocycles. The Bertz CT molecular complexity index is 683. The Hall–Kier alpha value is -1.64. The Morgan fingerprint density at radius 2 is 2.17 bits per heavy atom. The summed E-state index contributed by atoms with van der Waals surface area (Å²) in [6.07, 6.45) is 4.42. The molecule has 0 aliphatic rings. The molecule has 1 atom stereocenters. The number of hydrogen-bond acceptors (Lipinski definition) is 2. The van der Waals surface area contributed by atoms with E-state index >= 15 is 0 Å². The Balaban J connectivity index is 0.00000288. The first-order valence-corrected chi connectivity index (χ1v) is 7.81. The van der Waals surface area contributed by atoms with Crippen LogP contribution in [0.25, 0.3) is 5.69 Å². The van der Waals surface area contributed by atoms with E-state index in [2.05, 4.69) is 34.5 Å². The van der Waals surface area contributed by atoms with Crippen molar-refractivity contribution in [1.82, 2.24) is 20.2 Å². The fraction of sp³-hybridized carbons (Fsp3) is 0.412. The summed E-state index contributed by atoms with van der Waals surface area (Å²) >= 11 is 0. The highest BCUT2D eigenvalue weighted by Gasteiger charge is 2.08. The van der Waals surface area contributed by atoms with E-state index < -0.39 is 0 Å². The monoisotopic (exact) mass is 445 g/mol. The molecule has 0 saturated heterocycles. The third-order valence-electron chi connectivity index (χ3n) is 3.78. The van der Waals surface area contributed by atoms with Gasteiger partial charge in [-0.2, -0.15) is 0 Å². The number of halogens is 2. The van der Waals surface area contributed by atoms with E-state index in [1.807, 2.05) is 13.0 Å². The third kappa shape index (κ3) is 5.19. The molecule has 24 heavy (non-hydrogen) atoms. The Labute approximate surface area is 159 Å². The molecule has 5 nitrogen and oxygen atoms in total. The number of imidazole rings is 1. The van der Waals surface area contributed by atoms with Gasteiger partial charge in [0.15, 0.2) is 5.96 Å². The lowest BCUT2D eigenvalue weighted by molar-refractivity contribution is 0.610. The zero-order valence-electron chi connectivity index (χ0n) is 14.5. The minimum atomic E-state index is -0.268. The predicted molar refractivity (Wildman–Crippen MR) is 107 cm³/mol. The highest BCUT2D eigenvalue weighted by Crippen LogP contribution is 2.16. The molecule has 0 radical (unpaired) electrons. The van der Waals surface area contributed by atoms with Crippen molar-refractivity contribution in [3.63, 3.8) is 0 Å². The maximum Gasteiger partial charge on any atom is 0.191 e. The van der Waals surface area contributed by atoms with Crippen LogP contribution in [-0.4, -0.2) is 28.6 Å². The zero-order valence-corrected chi connectivity index (χ0v) is 16.8. The zero-order chi connectivity index (χ0) is 16.8. The Morgan fingerprint density at radius 1 is 1.42 bits per heavy atom. The summed E-state index contributed by atoms with van der Waals surface area (Å²) in [5.41, 5.74) is 1.36. The molecule has 1 aromatic heterocycles. The van der Waals surface area contributed by atoms with Crippen LogP contribution >= 0.6 is 24.0 Å². The molecule has 0 spiro atoms. The SMILES string of the molecule is CCC(C)NC(=NC)NCc1ccc(-n2ccnc2C)c(F)c1.I. The minimum Gasteiger partial charge on any atom is -0.354 e. The van der Waals surface area contributed by atoms with Crippen molar-refractivity contribution in [2.45, 2.75) is 39.8 Å². The van der Waals surface area contributed by atoms with E-state index in [0.29, 0.717) is 24.2 Å². The lowest BCUT2D eigenvalue weighted by Gasteiger charge is -2.16. The summed E-state index contributed by atoms with van der Waals surface area (Å²) in [7, 11) is 1.73. The fourth-order valence-electron chi connectivity index (χ4n) is 2.20. The summed E-state index contributed by atoms with van der Waals surface area (Å²) in [5, 5.41) is 6.47. The number of nitrogens with zero attached hydrogens (tertiary/aromatic N) is 3. The summed E-state index contributed by atoms with van der Waals surface area (Å²) in [4.78, 5) is 8.29. The van der Waals surface area contributed by atoms with Crippen molar-refractivity contribution < 1.29 is 4.39 Å². The number of aromatic nitrogens is 2. The molecule has 2 rings (SSSR count). The van der Waals surface area contributed by atoms with Crippen LogP contribution in [0.1, 0.15) is 31.7 Å².